The van der Waals surface area contributed by atoms with E-state index < -0.39 is 0 Å². The summed E-state index contributed by atoms with van der Waals surface area (Å²) < 4.78 is 11.5. The number of carbonyl (C=O) groups is 1. The smallest absolute Gasteiger partial charge is 0.225 e. The zero-order valence-corrected chi connectivity index (χ0v) is 18.0. The average molecular weight is 426 g/mol. The van der Waals surface area contributed by atoms with Gasteiger partial charge >= 0.3 is 0 Å². The van der Waals surface area contributed by atoms with E-state index in [1.165, 1.54) is 12.1 Å². The van der Waals surface area contributed by atoms with Crippen molar-refractivity contribution in [1.82, 2.24) is 19.8 Å². The first-order chi connectivity index (χ1) is 15.3. The zero-order chi connectivity index (χ0) is 21.0. The van der Waals surface area contributed by atoms with Crippen LogP contribution < -0.4 is 9.64 Å². The van der Waals surface area contributed by atoms with Crippen molar-refractivity contribution in [2.75, 3.05) is 63.9 Å². The average Bonchev–Trinajstić information content (AvgIpc) is 2.99. The maximum atomic E-state index is 12.1. The van der Waals surface area contributed by atoms with Gasteiger partial charge < -0.3 is 19.3 Å². The maximum Gasteiger partial charge on any atom is 0.225 e. The van der Waals surface area contributed by atoms with Gasteiger partial charge in [-0.15, -0.1) is 0 Å². The predicted octanol–water partition coefficient (Wildman–Crippen LogP) is 1.93. The summed E-state index contributed by atoms with van der Waals surface area (Å²) in [6, 6.07) is 6.39. The van der Waals surface area contributed by atoms with Crippen LogP contribution in [0.25, 0.3) is 10.9 Å². The number of hydrogen-bond acceptors (Lipinski definition) is 7. The second-order valence-electron chi connectivity index (χ2n) is 8.62. The number of piperazine rings is 1. The number of aromatic nitrogens is 2. The summed E-state index contributed by atoms with van der Waals surface area (Å²) in [4.78, 5) is 27.8. The number of hydrogen-bond donors (Lipinski definition) is 0. The number of nitrogens with zero attached hydrogens (tertiary/aromatic N) is 5. The van der Waals surface area contributed by atoms with Gasteiger partial charge in [-0.2, -0.15) is 0 Å². The Hall–Kier alpha value is -2.45. The van der Waals surface area contributed by atoms with Crippen LogP contribution in [-0.4, -0.2) is 90.8 Å². The normalized spacial score (nSPS) is 21.2. The van der Waals surface area contributed by atoms with E-state index in [2.05, 4.69) is 38.0 Å². The third-order valence-corrected chi connectivity index (χ3v) is 6.65. The molecule has 3 aliphatic rings. The first kappa shape index (κ1) is 20.5. The van der Waals surface area contributed by atoms with E-state index in [0.29, 0.717) is 38.2 Å². The van der Waals surface area contributed by atoms with Crippen LogP contribution in [0.3, 0.4) is 0 Å². The van der Waals surface area contributed by atoms with Gasteiger partial charge in [0.15, 0.2) is 0 Å². The Kier molecular flexibility index (Phi) is 6.18. The highest BCUT2D eigenvalue weighted by atomic mass is 16.5. The Morgan fingerprint density at radius 3 is 2.71 bits per heavy atom. The molecular weight excluding hydrogens is 394 g/mol. The molecule has 0 unspecified atom stereocenters. The van der Waals surface area contributed by atoms with Crippen LogP contribution in [0.1, 0.15) is 25.7 Å². The number of benzene rings is 1. The van der Waals surface area contributed by atoms with Gasteiger partial charge in [-0.25, -0.2) is 9.97 Å². The zero-order valence-electron chi connectivity index (χ0n) is 18.0. The Balaban J connectivity index is 1.19. The van der Waals surface area contributed by atoms with Crippen molar-refractivity contribution in [2.45, 2.75) is 31.8 Å². The summed E-state index contributed by atoms with van der Waals surface area (Å²) in [6.07, 6.45) is 5.87. The second kappa shape index (κ2) is 9.36. The molecule has 3 heterocycles. The first-order valence-electron chi connectivity index (χ1n) is 11.5. The van der Waals surface area contributed by atoms with Gasteiger partial charge in [-0.05, 0) is 37.5 Å². The van der Waals surface area contributed by atoms with Crippen LogP contribution >= 0.6 is 0 Å². The number of fused-ring (bicyclic) bond motifs is 1. The highest BCUT2D eigenvalue weighted by Crippen LogP contribution is 2.31. The second-order valence-corrected chi connectivity index (χ2v) is 8.62. The van der Waals surface area contributed by atoms with E-state index in [4.69, 9.17) is 9.47 Å². The summed E-state index contributed by atoms with van der Waals surface area (Å²) in [6.45, 7) is 7.55. The van der Waals surface area contributed by atoms with Crippen LogP contribution in [-0.2, 0) is 9.53 Å². The summed E-state index contributed by atoms with van der Waals surface area (Å²) in [5.41, 5.74) is 2.12. The highest BCUT2D eigenvalue weighted by molar-refractivity contribution is 5.86. The van der Waals surface area contributed by atoms with Crippen LogP contribution in [0.2, 0.25) is 0 Å². The number of carbonyl (C=O) groups excluding carboxylic acids is 1. The third kappa shape index (κ3) is 4.75. The lowest BCUT2D eigenvalue weighted by Gasteiger charge is -2.37. The van der Waals surface area contributed by atoms with Gasteiger partial charge in [0, 0.05) is 51.5 Å². The molecule has 31 heavy (non-hydrogen) atoms. The van der Waals surface area contributed by atoms with Gasteiger partial charge in [-0.3, -0.25) is 9.69 Å². The van der Waals surface area contributed by atoms with E-state index in [-0.39, 0.29) is 5.91 Å². The Labute approximate surface area is 183 Å². The van der Waals surface area contributed by atoms with Gasteiger partial charge in [-0.1, -0.05) is 0 Å². The lowest BCUT2D eigenvalue weighted by Crippen LogP contribution is -2.49. The molecule has 1 aromatic carbocycles. The minimum Gasteiger partial charge on any atom is -0.474 e. The molecule has 2 aliphatic heterocycles. The van der Waals surface area contributed by atoms with Gasteiger partial charge in [0.1, 0.15) is 12.4 Å². The summed E-state index contributed by atoms with van der Waals surface area (Å²) in [5, 5.41) is 0.997. The largest absolute Gasteiger partial charge is 0.474 e. The van der Waals surface area contributed by atoms with Crippen LogP contribution in [0.4, 0.5) is 5.69 Å². The van der Waals surface area contributed by atoms with Gasteiger partial charge in [0.25, 0.3) is 0 Å². The molecule has 1 amide bonds. The van der Waals surface area contributed by atoms with Gasteiger partial charge in [0.05, 0.1) is 30.5 Å². The number of ether oxygens (including phenoxy) is 2. The Morgan fingerprint density at radius 1 is 1.03 bits per heavy atom. The van der Waals surface area contributed by atoms with E-state index in [0.717, 1.165) is 63.0 Å². The van der Waals surface area contributed by atoms with Crippen molar-refractivity contribution in [2.24, 2.45) is 0 Å². The number of amides is 1. The molecule has 1 saturated carbocycles. The summed E-state index contributed by atoms with van der Waals surface area (Å²) in [7, 11) is 0. The van der Waals surface area contributed by atoms with E-state index in [9.17, 15) is 4.79 Å². The van der Waals surface area contributed by atoms with Crippen molar-refractivity contribution < 1.29 is 14.3 Å². The topological polar surface area (TPSA) is 71.0 Å². The van der Waals surface area contributed by atoms with E-state index >= 15 is 0 Å². The monoisotopic (exact) mass is 425 g/mol. The quantitative estimate of drug-likeness (QED) is 0.700. The van der Waals surface area contributed by atoms with Crippen LogP contribution in [0.15, 0.2) is 24.5 Å². The molecule has 0 atom stereocenters. The van der Waals surface area contributed by atoms with Crippen LogP contribution in [0.5, 0.6) is 5.88 Å². The maximum absolute atomic E-state index is 12.1. The van der Waals surface area contributed by atoms with E-state index in [1.54, 1.807) is 6.33 Å². The van der Waals surface area contributed by atoms with Crippen molar-refractivity contribution in [3.05, 3.63) is 24.5 Å². The Morgan fingerprint density at radius 2 is 1.90 bits per heavy atom. The number of anilines is 1. The molecule has 8 heteroatoms. The Bertz CT molecular complexity index is 911. The summed E-state index contributed by atoms with van der Waals surface area (Å²) in [5.74, 6) is 0.927. The molecule has 1 aromatic heterocycles. The van der Waals surface area contributed by atoms with Gasteiger partial charge in [0.2, 0.25) is 11.8 Å². The van der Waals surface area contributed by atoms with Crippen LogP contribution in [0, 0.1) is 0 Å². The predicted molar refractivity (Wildman–Crippen MR) is 118 cm³/mol. The minimum absolute atomic E-state index is 0.217. The standard InChI is InChI=1S/C23H31N5O3/c29-22-6-14-30-15-13-28(22)12-9-26-7-10-27(11-8-26)18-4-5-21-20(16-18)23(25-17-24-21)31-19-2-1-3-19/h4-5,16-17,19H,1-3,6-15H2. The number of rotatable bonds is 6. The molecule has 2 saturated heterocycles. The van der Waals surface area contributed by atoms with Crippen molar-refractivity contribution in [3.63, 3.8) is 0 Å². The molecule has 0 bridgehead atoms. The summed E-state index contributed by atoms with van der Waals surface area (Å²) >= 11 is 0. The van der Waals surface area contributed by atoms with E-state index in [1.807, 2.05) is 4.90 Å². The van der Waals surface area contributed by atoms with Crippen molar-refractivity contribution >= 4 is 22.5 Å². The minimum atomic E-state index is 0.217. The molecule has 0 spiro atoms. The fourth-order valence-corrected chi connectivity index (χ4v) is 4.41. The molecule has 3 fully saturated rings. The molecule has 0 radical (unpaired) electrons. The molecule has 2 aromatic rings. The molecule has 1 aliphatic carbocycles. The first-order valence-corrected chi connectivity index (χ1v) is 11.5. The van der Waals surface area contributed by atoms with Crippen molar-refractivity contribution in [3.8, 4) is 5.88 Å². The molecule has 5 rings (SSSR count). The van der Waals surface area contributed by atoms with Crippen molar-refractivity contribution in [1.29, 1.82) is 0 Å². The lowest BCUT2D eigenvalue weighted by molar-refractivity contribution is -0.130. The third-order valence-electron chi connectivity index (χ3n) is 6.65. The SMILES string of the molecule is O=C1CCOCCN1CCN1CCN(c2ccc3ncnc(OC4CCC4)c3c2)CC1. The fourth-order valence-electron chi connectivity index (χ4n) is 4.41. The highest BCUT2D eigenvalue weighted by Gasteiger charge is 2.23. The molecule has 0 N–H and O–H groups in total. The molecule has 166 valence electrons. The molecule has 8 nitrogen and oxygen atoms in total. The lowest BCUT2D eigenvalue weighted by atomic mass is 9.96. The fraction of sp³-hybridized carbons (Fsp3) is 0.609. The molecular formula is C23H31N5O3.